The highest BCUT2D eigenvalue weighted by atomic mass is 19.4. The van der Waals surface area contributed by atoms with Crippen LogP contribution >= 0.6 is 0 Å². The van der Waals surface area contributed by atoms with Crippen LogP contribution in [0.25, 0.3) is 0 Å². The molecule has 0 aliphatic rings. The number of hydrogen-bond donors (Lipinski definition) is 1. The zero-order valence-electron chi connectivity index (χ0n) is 13.3. The molecule has 1 aromatic rings. The van der Waals surface area contributed by atoms with Crippen molar-refractivity contribution in [3.8, 4) is 11.5 Å². The van der Waals surface area contributed by atoms with Crippen LogP contribution in [0.3, 0.4) is 0 Å². The molecule has 25 heavy (non-hydrogen) atoms. The second-order valence-corrected chi connectivity index (χ2v) is 5.09. The van der Waals surface area contributed by atoms with E-state index in [-0.39, 0.29) is 17.4 Å². The Morgan fingerprint density at radius 2 is 1.64 bits per heavy atom. The van der Waals surface area contributed by atoms with Gasteiger partial charge >= 0.3 is 18.1 Å². The Morgan fingerprint density at radius 3 is 2.12 bits per heavy atom. The summed E-state index contributed by atoms with van der Waals surface area (Å²) in [6.45, 7) is 3.50. The predicted octanol–water partition coefficient (Wildman–Crippen LogP) is 4.20. The summed E-state index contributed by atoms with van der Waals surface area (Å²) in [6.07, 6.45) is -5.97. The third kappa shape index (κ3) is 4.89. The van der Waals surface area contributed by atoms with Crippen LogP contribution in [0.15, 0.2) is 23.3 Å². The molecule has 11 heteroatoms. The molecule has 0 spiro atoms. The highest BCUT2D eigenvalue weighted by Gasteiger charge is 2.73. The summed E-state index contributed by atoms with van der Waals surface area (Å²) in [6, 6.07) is -1.61. The fourth-order valence-electron chi connectivity index (χ4n) is 1.55. The second-order valence-electron chi connectivity index (χ2n) is 5.09. The normalized spacial score (nSPS) is 13.4. The van der Waals surface area contributed by atoms with Crippen LogP contribution in [0.4, 0.5) is 30.7 Å². The number of methoxy groups -OCH3 is 1. The van der Waals surface area contributed by atoms with E-state index in [1.807, 2.05) is 0 Å². The second kappa shape index (κ2) is 7.36. The van der Waals surface area contributed by atoms with Gasteiger partial charge in [0.25, 0.3) is 0 Å². The van der Waals surface area contributed by atoms with Gasteiger partial charge in [-0.3, -0.25) is 0 Å². The lowest BCUT2D eigenvalue weighted by molar-refractivity contribution is -0.361. The van der Waals surface area contributed by atoms with Gasteiger partial charge in [-0.1, -0.05) is 0 Å². The van der Waals surface area contributed by atoms with Crippen LogP contribution in [0.2, 0.25) is 0 Å². The molecule has 0 radical (unpaired) electrons. The molecule has 4 nitrogen and oxygen atoms in total. The molecular weight excluding hydrogens is 361 g/mol. The van der Waals surface area contributed by atoms with Crippen LogP contribution in [0.1, 0.15) is 19.4 Å². The number of hydrogen-bond acceptors (Lipinski definition) is 4. The van der Waals surface area contributed by atoms with E-state index in [4.69, 9.17) is 9.47 Å². The van der Waals surface area contributed by atoms with Crippen molar-refractivity contribution < 1.29 is 40.2 Å². The number of nitrogens with zero attached hydrogens (tertiary/aromatic N) is 1. The first-order valence-corrected chi connectivity index (χ1v) is 6.79. The maximum absolute atomic E-state index is 13.0. The van der Waals surface area contributed by atoms with E-state index in [9.17, 15) is 30.7 Å². The Balaban J connectivity index is 2.92. The van der Waals surface area contributed by atoms with E-state index in [1.165, 1.54) is 25.3 Å². The van der Waals surface area contributed by atoms with Crippen LogP contribution in [-0.2, 0) is 0 Å². The standard InChI is InChI=1S/C14H15F7N2O2/c1-8(2)25-10-5-4-9(6-11(10)24-3)7-22-23-14(20,21)12(15,16)13(17,18)19/h4-8,23H,1-3H3/b22-7+. The Bertz CT molecular complexity index is 616. The first-order valence-electron chi connectivity index (χ1n) is 6.79. The summed E-state index contributed by atoms with van der Waals surface area (Å²) >= 11 is 0. The van der Waals surface area contributed by atoms with E-state index in [0.29, 0.717) is 17.4 Å². The molecule has 0 unspecified atom stereocenters. The Morgan fingerprint density at radius 1 is 1.04 bits per heavy atom. The van der Waals surface area contributed by atoms with Crippen molar-refractivity contribution in [3.63, 3.8) is 0 Å². The summed E-state index contributed by atoms with van der Waals surface area (Å²) in [7, 11) is 1.31. The van der Waals surface area contributed by atoms with Crippen molar-refractivity contribution in [2.45, 2.75) is 38.1 Å². The summed E-state index contributed by atoms with van der Waals surface area (Å²) in [5.74, 6) is -5.76. The Labute approximate surface area is 138 Å². The minimum absolute atomic E-state index is 0.103. The van der Waals surface area contributed by atoms with E-state index in [1.54, 1.807) is 13.8 Å². The molecule has 142 valence electrons. The number of ether oxygens (including phenoxy) is 2. The number of halogens is 7. The molecule has 0 aliphatic carbocycles. The molecule has 0 saturated heterocycles. The Hall–Kier alpha value is -2.20. The SMILES string of the molecule is COc1cc(/C=N/NC(F)(F)C(F)(F)C(F)(F)F)ccc1OC(C)C. The van der Waals surface area contributed by atoms with Crippen LogP contribution < -0.4 is 14.9 Å². The van der Waals surface area contributed by atoms with Gasteiger partial charge in [0, 0.05) is 0 Å². The lowest BCUT2D eigenvalue weighted by Gasteiger charge is -2.27. The van der Waals surface area contributed by atoms with Gasteiger partial charge in [-0.2, -0.15) is 35.8 Å². The van der Waals surface area contributed by atoms with E-state index in [0.717, 1.165) is 0 Å². The molecular formula is C14H15F7N2O2. The monoisotopic (exact) mass is 376 g/mol. The maximum atomic E-state index is 13.0. The molecule has 0 amide bonds. The van der Waals surface area contributed by atoms with Crippen LogP contribution in [-0.4, -0.2) is 37.6 Å². The van der Waals surface area contributed by atoms with Gasteiger partial charge in [-0.05, 0) is 37.6 Å². The van der Waals surface area contributed by atoms with Gasteiger partial charge in [0.1, 0.15) is 0 Å². The van der Waals surface area contributed by atoms with Crippen LogP contribution in [0, 0.1) is 0 Å². The summed E-state index contributed by atoms with van der Waals surface area (Å²) < 4.78 is 97.7. The quantitative estimate of drug-likeness (QED) is 0.336. The van der Waals surface area contributed by atoms with Crippen molar-refractivity contribution in [1.82, 2.24) is 5.43 Å². The topological polar surface area (TPSA) is 42.8 Å². The van der Waals surface area contributed by atoms with Crippen molar-refractivity contribution in [2.24, 2.45) is 5.10 Å². The molecule has 0 aliphatic heterocycles. The number of hydrazone groups is 1. The van der Waals surface area contributed by atoms with E-state index in [2.05, 4.69) is 5.10 Å². The lowest BCUT2D eigenvalue weighted by atomic mass is 10.2. The fraction of sp³-hybridized carbons (Fsp3) is 0.500. The first kappa shape index (κ1) is 20.8. The predicted molar refractivity (Wildman–Crippen MR) is 75.4 cm³/mol. The Kier molecular flexibility index (Phi) is 6.14. The molecule has 1 aromatic carbocycles. The van der Waals surface area contributed by atoms with E-state index >= 15 is 0 Å². The van der Waals surface area contributed by atoms with Gasteiger partial charge < -0.3 is 9.47 Å². The maximum Gasteiger partial charge on any atom is 0.462 e. The highest BCUT2D eigenvalue weighted by Crippen LogP contribution is 2.45. The summed E-state index contributed by atoms with van der Waals surface area (Å²) in [5, 5.41) is 2.76. The molecule has 0 atom stereocenters. The largest absolute Gasteiger partial charge is 0.493 e. The number of alkyl halides is 7. The minimum atomic E-state index is -6.43. The van der Waals surface area contributed by atoms with Crippen molar-refractivity contribution in [1.29, 1.82) is 0 Å². The van der Waals surface area contributed by atoms with Gasteiger partial charge in [0.2, 0.25) is 0 Å². The van der Waals surface area contributed by atoms with Crippen molar-refractivity contribution in [3.05, 3.63) is 23.8 Å². The first-order chi connectivity index (χ1) is 11.3. The lowest BCUT2D eigenvalue weighted by Crippen LogP contribution is -2.58. The van der Waals surface area contributed by atoms with Gasteiger partial charge in [0.05, 0.1) is 19.4 Å². The molecule has 0 heterocycles. The summed E-state index contributed by atoms with van der Waals surface area (Å²) in [5.41, 5.74) is 0.636. The van der Waals surface area contributed by atoms with Crippen molar-refractivity contribution >= 4 is 6.21 Å². The average molecular weight is 376 g/mol. The zero-order valence-corrected chi connectivity index (χ0v) is 13.3. The van der Waals surface area contributed by atoms with Gasteiger partial charge in [0.15, 0.2) is 11.5 Å². The number of nitrogens with one attached hydrogen (secondary N) is 1. The molecule has 1 rings (SSSR count). The smallest absolute Gasteiger partial charge is 0.462 e. The average Bonchev–Trinajstić information content (AvgIpc) is 2.46. The number of benzene rings is 1. The summed E-state index contributed by atoms with van der Waals surface area (Å²) in [4.78, 5) is 0. The molecule has 0 aromatic heterocycles. The van der Waals surface area contributed by atoms with E-state index < -0.39 is 18.1 Å². The third-order valence-corrected chi connectivity index (χ3v) is 2.72. The van der Waals surface area contributed by atoms with Crippen LogP contribution in [0.5, 0.6) is 11.5 Å². The number of rotatable bonds is 7. The third-order valence-electron chi connectivity index (χ3n) is 2.72. The minimum Gasteiger partial charge on any atom is -0.493 e. The molecule has 0 bridgehead atoms. The van der Waals surface area contributed by atoms with Crippen molar-refractivity contribution in [2.75, 3.05) is 7.11 Å². The van der Waals surface area contributed by atoms with Gasteiger partial charge in [-0.25, -0.2) is 5.43 Å². The zero-order chi connectivity index (χ0) is 19.5. The molecule has 1 N–H and O–H groups in total. The molecule has 0 saturated carbocycles. The fourth-order valence-corrected chi connectivity index (χ4v) is 1.55. The highest BCUT2D eigenvalue weighted by molar-refractivity contribution is 5.80. The molecule has 0 fully saturated rings. The van der Waals surface area contributed by atoms with Gasteiger partial charge in [-0.15, -0.1) is 0 Å².